The molecule has 0 aliphatic heterocycles. The van der Waals surface area contributed by atoms with Crippen LogP contribution in [0.5, 0.6) is 0 Å². The van der Waals surface area contributed by atoms with Crippen LogP contribution < -0.4 is 0 Å². The zero-order chi connectivity index (χ0) is 12.7. The Morgan fingerprint density at radius 1 is 1.28 bits per heavy atom. The van der Waals surface area contributed by atoms with E-state index in [1.165, 1.54) is 0 Å². The highest BCUT2D eigenvalue weighted by Gasteiger charge is 2.08. The summed E-state index contributed by atoms with van der Waals surface area (Å²) in [5.41, 5.74) is 3.44. The summed E-state index contributed by atoms with van der Waals surface area (Å²) in [6.45, 7) is 1.54. The summed E-state index contributed by atoms with van der Waals surface area (Å²) in [6, 6.07) is 3.90. The summed E-state index contributed by atoms with van der Waals surface area (Å²) < 4.78 is 3.55. The van der Waals surface area contributed by atoms with Gasteiger partial charge < -0.3 is 0 Å². The molecule has 0 amide bonds. The molecule has 3 heterocycles. The monoisotopic (exact) mass is 240 g/mol. The molecule has 5 heteroatoms. The van der Waals surface area contributed by atoms with Crippen molar-refractivity contribution in [3.05, 3.63) is 42.6 Å². The molecular weight excluding hydrogens is 228 g/mol. The van der Waals surface area contributed by atoms with Gasteiger partial charge in [-0.1, -0.05) is 0 Å². The maximum absolute atomic E-state index is 11.4. The average Bonchev–Trinajstić information content (AvgIpc) is 2.93. The van der Waals surface area contributed by atoms with Crippen molar-refractivity contribution in [1.82, 2.24) is 19.2 Å². The number of imidazole rings is 1. The van der Waals surface area contributed by atoms with Gasteiger partial charge in [-0.25, -0.2) is 4.98 Å². The molecule has 90 valence electrons. The number of pyridine rings is 1. The van der Waals surface area contributed by atoms with Gasteiger partial charge in [-0.2, -0.15) is 5.10 Å². The van der Waals surface area contributed by atoms with Gasteiger partial charge in [0, 0.05) is 31.9 Å². The number of hydrogen-bond donors (Lipinski definition) is 0. The van der Waals surface area contributed by atoms with Crippen molar-refractivity contribution >= 4 is 11.4 Å². The van der Waals surface area contributed by atoms with Gasteiger partial charge in [0.15, 0.2) is 5.78 Å². The van der Waals surface area contributed by atoms with E-state index >= 15 is 0 Å². The van der Waals surface area contributed by atoms with E-state index in [1.54, 1.807) is 28.4 Å². The number of hydrogen-bond acceptors (Lipinski definition) is 3. The maximum atomic E-state index is 11.4. The Balaban J connectivity index is 2.15. The number of carbonyl (C=O) groups excluding carboxylic acids is 1. The maximum Gasteiger partial charge on any atom is 0.178 e. The predicted molar refractivity (Wildman–Crippen MR) is 67.4 cm³/mol. The summed E-state index contributed by atoms with van der Waals surface area (Å²) in [4.78, 5) is 15.7. The van der Waals surface area contributed by atoms with Crippen LogP contribution in [-0.4, -0.2) is 24.9 Å². The molecule has 18 heavy (non-hydrogen) atoms. The highest BCUT2D eigenvalue weighted by atomic mass is 16.1. The molecule has 0 aliphatic rings. The van der Waals surface area contributed by atoms with Crippen molar-refractivity contribution in [2.45, 2.75) is 6.92 Å². The second kappa shape index (κ2) is 3.80. The van der Waals surface area contributed by atoms with Gasteiger partial charge in [0.1, 0.15) is 11.3 Å². The molecule has 0 aromatic carbocycles. The van der Waals surface area contributed by atoms with Crippen LogP contribution >= 0.6 is 0 Å². The molecule has 0 saturated carbocycles. The Morgan fingerprint density at radius 2 is 2.11 bits per heavy atom. The zero-order valence-electron chi connectivity index (χ0n) is 10.2. The van der Waals surface area contributed by atoms with E-state index in [4.69, 9.17) is 0 Å². The molecule has 0 fully saturated rings. The topological polar surface area (TPSA) is 52.2 Å². The van der Waals surface area contributed by atoms with Crippen LogP contribution in [0, 0.1) is 0 Å². The molecule has 3 rings (SSSR count). The van der Waals surface area contributed by atoms with Crippen LogP contribution in [-0.2, 0) is 7.05 Å². The first-order chi connectivity index (χ1) is 8.65. The lowest BCUT2D eigenvalue weighted by molar-refractivity contribution is 0.101. The molecule has 0 aliphatic carbocycles. The van der Waals surface area contributed by atoms with Gasteiger partial charge in [0.05, 0.1) is 12.4 Å². The lowest BCUT2D eigenvalue weighted by atomic mass is 10.1. The van der Waals surface area contributed by atoms with Gasteiger partial charge in [0.25, 0.3) is 0 Å². The quantitative estimate of drug-likeness (QED) is 0.643. The second-order valence-corrected chi connectivity index (χ2v) is 4.25. The Labute approximate surface area is 104 Å². The fourth-order valence-electron chi connectivity index (χ4n) is 1.99. The Morgan fingerprint density at radius 3 is 2.78 bits per heavy atom. The molecule has 3 aromatic heterocycles. The van der Waals surface area contributed by atoms with Crippen LogP contribution in [0.4, 0.5) is 0 Å². The third kappa shape index (κ3) is 1.60. The van der Waals surface area contributed by atoms with Gasteiger partial charge in [-0.05, 0) is 17.7 Å². The molecule has 3 aromatic rings. The molecule has 0 spiro atoms. The summed E-state index contributed by atoms with van der Waals surface area (Å²) in [7, 11) is 1.88. The second-order valence-electron chi connectivity index (χ2n) is 4.25. The smallest absolute Gasteiger partial charge is 0.178 e. The Kier molecular flexibility index (Phi) is 2.26. The van der Waals surface area contributed by atoms with Crippen molar-refractivity contribution in [2.75, 3.05) is 0 Å². The lowest BCUT2D eigenvalue weighted by Gasteiger charge is -2.00. The molecule has 5 nitrogen and oxygen atoms in total. The van der Waals surface area contributed by atoms with Crippen LogP contribution in [0.3, 0.4) is 0 Å². The molecule has 0 atom stereocenters. The van der Waals surface area contributed by atoms with E-state index in [1.807, 2.05) is 31.6 Å². The first-order valence-corrected chi connectivity index (χ1v) is 5.62. The number of Topliss-reactive ketones (excluding diaryl/α,β-unsaturated/α-hetero) is 1. The molecular formula is C13H12N4O. The van der Waals surface area contributed by atoms with Gasteiger partial charge in [-0.3, -0.25) is 13.9 Å². The van der Waals surface area contributed by atoms with Gasteiger partial charge >= 0.3 is 0 Å². The minimum absolute atomic E-state index is 0.0108. The predicted octanol–water partition coefficient (Wildman–Crippen LogP) is 1.94. The summed E-state index contributed by atoms with van der Waals surface area (Å²) in [6.07, 6.45) is 7.22. The lowest BCUT2D eigenvalue weighted by Crippen LogP contribution is -1.97. The molecule has 0 unspecified atom stereocenters. The van der Waals surface area contributed by atoms with E-state index < -0.39 is 0 Å². The van der Waals surface area contributed by atoms with E-state index in [0.29, 0.717) is 5.69 Å². The summed E-state index contributed by atoms with van der Waals surface area (Å²) >= 11 is 0. The average molecular weight is 240 g/mol. The third-order valence-electron chi connectivity index (χ3n) is 2.91. The first kappa shape index (κ1) is 10.7. The van der Waals surface area contributed by atoms with Gasteiger partial charge in [-0.15, -0.1) is 0 Å². The van der Waals surface area contributed by atoms with E-state index in [0.717, 1.165) is 16.8 Å². The SMILES string of the molecule is CC(=O)c1cnc2cc(-c3cnn(C)c3)ccn12. The minimum Gasteiger partial charge on any atom is -0.297 e. The fraction of sp³-hybridized carbons (Fsp3) is 0.154. The number of aromatic nitrogens is 4. The Hall–Kier alpha value is -2.43. The van der Waals surface area contributed by atoms with Crippen LogP contribution in [0.15, 0.2) is 36.9 Å². The highest BCUT2D eigenvalue weighted by molar-refractivity contribution is 5.93. The minimum atomic E-state index is 0.0108. The van der Waals surface area contributed by atoms with Crippen LogP contribution in [0.2, 0.25) is 0 Å². The van der Waals surface area contributed by atoms with E-state index in [9.17, 15) is 4.79 Å². The molecule has 0 bridgehead atoms. The standard InChI is InChI=1S/C13H12N4O/c1-9(18)12-7-14-13-5-10(3-4-17(12)13)11-6-15-16(2)8-11/h3-8H,1-2H3. The van der Waals surface area contributed by atoms with Gasteiger partial charge in [0.2, 0.25) is 0 Å². The number of ketones is 1. The first-order valence-electron chi connectivity index (χ1n) is 5.62. The number of carbonyl (C=O) groups is 1. The van der Waals surface area contributed by atoms with Crippen molar-refractivity contribution in [3.63, 3.8) is 0 Å². The van der Waals surface area contributed by atoms with Crippen molar-refractivity contribution in [3.8, 4) is 11.1 Å². The summed E-state index contributed by atoms with van der Waals surface area (Å²) in [5.74, 6) is 0.0108. The van der Waals surface area contributed by atoms with E-state index in [-0.39, 0.29) is 5.78 Å². The van der Waals surface area contributed by atoms with Crippen LogP contribution in [0.1, 0.15) is 17.4 Å². The number of aryl methyl sites for hydroxylation is 1. The molecule has 0 radical (unpaired) electrons. The normalized spacial score (nSPS) is 11.0. The van der Waals surface area contributed by atoms with Crippen LogP contribution in [0.25, 0.3) is 16.8 Å². The number of rotatable bonds is 2. The molecule has 0 saturated heterocycles. The number of fused-ring (bicyclic) bond motifs is 1. The Bertz CT molecular complexity index is 738. The fourth-order valence-corrected chi connectivity index (χ4v) is 1.99. The van der Waals surface area contributed by atoms with E-state index in [2.05, 4.69) is 10.1 Å². The summed E-state index contributed by atoms with van der Waals surface area (Å²) in [5, 5.41) is 4.14. The van der Waals surface area contributed by atoms with Crippen molar-refractivity contribution in [2.24, 2.45) is 7.05 Å². The zero-order valence-corrected chi connectivity index (χ0v) is 10.2. The van der Waals surface area contributed by atoms with Crippen molar-refractivity contribution < 1.29 is 4.79 Å². The highest BCUT2D eigenvalue weighted by Crippen LogP contribution is 2.20. The molecule has 0 N–H and O–H groups in total. The number of nitrogens with zero attached hydrogens (tertiary/aromatic N) is 4. The largest absolute Gasteiger partial charge is 0.297 e. The third-order valence-corrected chi connectivity index (χ3v) is 2.91. The van der Waals surface area contributed by atoms with Crippen molar-refractivity contribution in [1.29, 1.82) is 0 Å².